The van der Waals surface area contributed by atoms with E-state index in [4.69, 9.17) is 9.47 Å². The molecule has 1 atom stereocenters. The second-order valence-corrected chi connectivity index (χ2v) is 7.73. The standard InChI is InChI=1S/C20H36N6O3/c1-2-21-19(23-10-6-13-28-15-17-8-14-29-16-17)22-9-5-12-26-20(27)25-11-4-3-7-18(25)24-26/h17H,2-16H2,1H3,(H2,21,22,23). The monoisotopic (exact) mass is 408 g/mol. The normalized spacial score (nSPS) is 19.3. The van der Waals surface area contributed by atoms with Gasteiger partial charge in [-0.1, -0.05) is 0 Å². The quantitative estimate of drug-likeness (QED) is 0.319. The smallest absolute Gasteiger partial charge is 0.345 e. The molecule has 1 fully saturated rings. The first-order chi connectivity index (χ1) is 14.3. The van der Waals surface area contributed by atoms with Crippen molar-refractivity contribution in [3.63, 3.8) is 0 Å². The minimum absolute atomic E-state index is 0.0258. The largest absolute Gasteiger partial charge is 0.381 e. The average molecular weight is 409 g/mol. The number of fused-ring (bicyclic) bond motifs is 1. The summed E-state index contributed by atoms with van der Waals surface area (Å²) in [6, 6.07) is 0. The summed E-state index contributed by atoms with van der Waals surface area (Å²) < 4.78 is 14.5. The molecule has 0 spiro atoms. The molecule has 1 saturated heterocycles. The molecule has 2 aliphatic heterocycles. The van der Waals surface area contributed by atoms with E-state index in [0.29, 0.717) is 19.0 Å². The second kappa shape index (κ2) is 12.0. The molecule has 29 heavy (non-hydrogen) atoms. The lowest BCUT2D eigenvalue weighted by Gasteiger charge is -2.12. The highest BCUT2D eigenvalue weighted by Gasteiger charge is 2.16. The summed E-state index contributed by atoms with van der Waals surface area (Å²) in [5, 5.41) is 11.1. The minimum Gasteiger partial charge on any atom is -0.381 e. The van der Waals surface area contributed by atoms with Crippen LogP contribution in [-0.4, -0.2) is 66.4 Å². The molecule has 0 radical (unpaired) electrons. The van der Waals surface area contributed by atoms with Gasteiger partial charge in [-0.15, -0.1) is 0 Å². The number of hydrogen-bond acceptors (Lipinski definition) is 5. The molecule has 0 bridgehead atoms. The van der Waals surface area contributed by atoms with Crippen molar-refractivity contribution >= 4 is 5.96 Å². The average Bonchev–Trinajstić information content (AvgIpc) is 3.36. The molecule has 2 N–H and O–H groups in total. The number of ether oxygens (including phenoxy) is 2. The third-order valence-electron chi connectivity index (χ3n) is 5.31. The van der Waals surface area contributed by atoms with Gasteiger partial charge in [-0.25, -0.2) is 9.48 Å². The SMILES string of the molecule is CCNC(=NCCCn1nc2n(c1=O)CCCC2)NCCCOCC1CCOC1. The van der Waals surface area contributed by atoms with Crippen LogP contribution < -0.4 is 16.3 Å². The zero-order chi connectivity index (χ0) is 20.3. The van der Waals surface area contributed by atoms with Crippen LogP contribution >= 0.6 is 0 Å². The van der Waals surface area contributed by atoms with Gasteiger partial charge < -0.3 is 20.1 Å². The molecule has 1 aromatic rings. The van der Waals surface area contributed by atoms with Crippen molar-refractivity contribution in [1.82, 2.24) is 25.0 Å². The van der Waals surface area contributed by atoms with Crippen molar-refractivity contribution in [2.45, 2.75) is 58.5 Å². The van der Waals surface area contributed by atoms with E-state index in [1.165, 1.54) is 0 Å². The first-order valence-corrected chi connectivity index (χ1v) is 11.1. The van der Waals surface area contributed by atoms with Gasteiger partial charge in [-0.05, 0) is 39.0 Å². The van der Waals surface area contributed by atoms with Gasteiger partial charge in [0.25, 0.3) is 0 Å². The maximum Gasteiger partial charge on any atom is 0.345 e. The first kappa shape index (κ1) is 21.8. The summed E-state index contributed by atoms with van der Waals surface area (Å²) in [4.78, 5) is 16.9. The molecular formula is C20H36N6O3. The van der Waals surface area contributed by atoms with Crippen LogP contribution in [0, 0.1) is 5.92 Å². The lowest BCUT2D eigenvalue weighted by Crippen LogP contribution is -2.38. The van der Waals surface area contributed by atoms with Crippen molar-refractivity contribution < 1.29 is 9.47 Å². The zero-order valence-corrected chi connectivity index (χ0v) is 17.7. The number of guanidine groups is 1. The van der Waals surface area contributed by atoms with E-state index in [2.05, 4.69) is 27.6 Å². The first-order valence-electron chi connectivity index (χ1n) is 11.1. The van der Waals surface area contributed by atoms with Crippen LogP contribution in [-0.2, 0) is 29.0 Å². The summed E-state index contributed by atoms with van der Waals surface area (Å²) in [5.74, 6) is 2.31. The molecule has 0 saturated carbocycles. The topological polar surface area (TPSA) is 94.7 Å². The van der Waals surface area contributed by atoms with Gasteiger partial charge >= 0.3 is 5.69 Å². The Balaban J connectivity index is 1.32. The van der Waals surface area contributed by atoms with E-state index in [1.807, 2.05) is 4.57 Å². The summed E-state index contributed by atoms with van der Waals surface area (Å²) in [6.45, 7) is 9.01. The Bertz CT molecular complexity index is 693. The van der Waals surface area contributed by atoms with Crippen LogP contribution in [0.15, 0.2) is 9.79 Å². The van der Waals surface area contributed by atoms with Crippen LogP contribution in [0.4, 0.5) is 0 Å². The Morgan fingerprint density at radius 2 is 2.28 bits per heavy atom. The maximum absolute atomic E-state index is 12.3. The fourth-order valence-corrected chi connectivity index (χ4v) is 3.69. The Morgan fingerprint density at radius 3 is 3.07 bits per heavy atom. The van der Waals surface area contributed by atoms with Crippen molar-refractivity contribution in [3.05, 3.63) is 16.3 Å². The van der Waals surface area contributed by atoms with Crippen molar-refractivity contribution in [2.24, 2.45) is 10.9 Å². The van der Waals surface area contributed by atoms with Gasteiger partial charge in [0.1, 0.15) is 5.82 Å². The number of rotatable bonds is 11. The predicted octanol–water partition coefficient (Wildman–Crippen LogP) is 0.770. The summed E-state index contributed by atoms with van der Waals surface area (Å²) in [5.41, 5.74) is 0.0258. The predicted molar refractivity (Wildman–Crippen MR) is 112 cm³/mol. The summed E-state index contributed by atoms with van der Waals surface area (Å²) in [7, 11) is 0. The fourth-order valence-electron chi connectivity index (χ4n) is 3.69. The van der Waals surface area contributed by atoms with Crippen molar-refractivity contribution in [2.75, 3.05) is 46.1 Å². The maximum atomic E-state index is 12.3. The third-order valence-corrected chi connectivity index (χ3v) is 5.31. The van der Waals surface area contributed by atoms with E-state index < -0.39 is 0 Å². The van der Waals surface area contributed by atoms with Gasteiger partial charge in [0.2, 0.25) is 0 Å². The molecule has 1 unspecified atom stereocenters. The highest BCUT2D eigenvalue weighted by atomic mass is 16.5. The van der Waals surface area contributed by atoms with E-state index in [-0.39, 0.29) is 5.69 Å². The molecule has 0 aromatic carbocycles. The third kappa shape index (κ3) is 6.85. The van der Waals surface area contributed by atoms with E-state index >= 15 is 0 Å². The molecule has 164 valence electrons. The fraction of sp³-hybridized carbons (Fsp3) is 0.850. The Labute approximate surface area is 172 Å². The Morgan fingerprint density at radius 1 is 1.34 bits per heavy atom. The van der Waals surface area contributed by atoms with Crippen molar-refractivity contribution in [1.29, 1.82) is 0 Å². The Hall–Kier alpha value is -1.87. The number of nitrogens with one attached hydrogen (secondary N) is 2. The van der Waals surface area contributed by atoms with E-state index in [1.54, 1.807) is 4.68 Å². The molecule has 3 rings (SSSR count). The lowest BCUT2D eigenvalue weighted by molar-refractivity contribution is 0.0888. The molecule has 1 aromatic heterocycles. The molecule has 2 aliphatic rings. The highest BCUT2D eigenvalue weighted by molar-refractivity contribution is 5.79. The van der Waals surface area contributed by atoms with Crippen LogP contribution in [0.3, 0.4) is 0 Å². The minimum atomic E-state index is 0.0258. The molecule has 3 heterocycles. The summed E-state index contributed by atoms with van der Waals surface area (Å²) in [6.07, 6.45) is 5.95. The number of hydrogen-bond donors (Lipinski definition) is 2. The van der Waals surface area contributed by atoms with Gasteiger partial charge in [0.15, 0.2) is 5.96 Å². The van der Waals surface area contributed by atoms with Gasteiger partial charge in [0.05, 0.1) is 13.2 Å². The van der Waals surface area contributed by atoms with E-state index in [0.717, 1.165) is 96.4 Å². The van der Waals surface area contributed by atoms with Crippen LogP contribution in [0.1, 0.15) is 44.9 Å². The zero-order valence-electron chi connectivity index (χ0n) is 17.7. The molecule has 9 heteroatoms. The van der Waals surface area contributed by atoms with Crippen LogP contribution in [0.25, 0.3) is 0 Å². The Kier molecular flexibility index (Phi) is 9.01. The van der Waals surface area contributed by atoms with E-state index in [9.17, 15) is 4.79 Å². The summed E-state index contributed by atoms with van der Waals surface area (Å²) >= 11 is 0. The lowest BCUT2D eigenvalue weighted by atomic mass is 10.1. The van der Waals surface area contributed by atoms with Gasteiger partial charge in [0, 0.05) is 58.3 Å². The second-order valence-electron chi connectivity index (χ2n) is 7.73. The van der Waals surface area contributed by atoms with Crippen LogP contribution in [0.2, 0.25) is 0 Å². The number of aromatic nitrogens is 3. The number of aryl methyl sites for hydroxylation is 2. The number of aliphatic imine (C=N–C) groups is 1. The van der Waals surface area contributed by atoms with Crippen LogP contribution in [0.5, 0.6) is 0 Å². The molecular weight excluding hydrogens is 372 g/mol. The molecule has 9 nitrogen and oxygen atoms in total. The highest BCUT2D eigenvalue weighted by Crippen LogP contribution is 2.12. The van der Waals surface area contributed by atoms with Gasteiger partial charge in [-0.2, -0.15) is 5.10 Å². The van der Waals surface area contributed by atoms with Crippen molar-refractivity contribution in [3.8, 4) is 0 Å². The van der Waals surface area contributed by atoms with Gasteiger partial charge in [-0.3, -0.25) is 9.56 Å². The molecule has 0 aliphatic carbocycles. The molecule has 0 amide bonds. The number of nitrogens with zero attached hydrogens (tertiary/aromatic N) is 4.